The molecule has 3 nitrogen and oxygen atoms in total. The third-order valence-electron chi connectivity index (χ3n) is 2.75. The van der Waals surface area contributed by atoms with Crippen LogP contribution in [0.5, 0.6) is 5.75 Å². The van der Waals surface area contributed by atoms with Gasteiger partial charge in [0, 0.05) is 16.1 Å². The van der Waals surface area contributed by atoms with Crippen molar-refractivity contribution in [3.05, 3.63) is 64.2 Å². The van der Waals surface area contributed by atoms with E-state index >= 15 is 0 Å². The van der Waals surface area contributed by atoms with Gasteiger partial charge in [-0.2, -0.15) is 0 Å². The van der Waals surface area contributed by atoms with E-state index in [1.54, 1.807) is 12.1 Å². The molecule has 0 saturated carbocycles. The summed E-state index contributed by atoms with van der Waals surface area (Å²) in [5.41, 5.74) is 8.13. The highest BCUT2D eigenvalue weighted by Gasteiger charge is 2.03. The average Bonchev–Trinajstić information content (AvgIpc) is 2.38. The lowest BCUT2D eigenvalue weighted by Crippen LogP contribution is -2.10. The van der Waals surface area contributed by atoms with Crippen LogP contribution < -0.4 is 10.5 Å². The second-order valence-electron chi connectivity index (χ2n) is 4.33. The van der Waals surface area contributed by atoms with Crippen LogP contribution >= 0.6 is 11.6 Å². The van der Waals surface area contributed by atoms with E-state index in [1.807, 2.05) is 37.3 Å². The van der Waals surface area contributed by atoms with Gasteiger partial charge in [0.25, 0.3) is 0 Å². The van der Waals surface area contributed by atoms with Crippen molar-refractivity contribution in [1.29, 1.82) is 5.41 Å². The standard InChI is InChI=1S/C15H15ClN2O/c1-10-5-6-12(14(16)7-10)9-19-13-4-2-3-11(8-13)15(17)18/h2-8H,9H2,1H3,(H3,17,18). The predicted molar refractivity (Wildman–Crippen MR) is 78.0 cm³/mol. The zero-order valence-electron chi connectivity index (χ0n) is 10.6. The van der Waals surface area contributed by atoms with E-state index in [1.165, 1.54) is 0 Å². The van der Waals surface area contributed by atoms with Crippen molar-refractivity contribution >= 4 is 17.4 Å². The summed E-state index contributed by atoms with van der Waals surface area (Å²) in [6.45, 7) is 2.38. The third-order valence-corrected chi connectivity index (χ3v) is 3.10. The van der Waals surface area contributed by atoms with E-state index in [0.29, 0.717) is 22.9 Å². The van der Waals surface area contributed by atoms with Gasteiger partial charge in [0.15, 0.2) is 0 Å². The molecule has 0 atom stereocenters. The number of nitrogens with one attached hydrogen (secondary N) is 1. The molecule has 0 aromatic heterocycles. The number of rotatable bonds is 4. The molecule has 3 N–H and O–H groups in total. The van der Waals surface area contributed by atoms with E-state index in [9.17, 15) is 0 Å². The molecule has 0 aliphatic heterocycles. The second kappa shape index (κ2) is 5.76. The van der Waals surface area contributed by atoms with Crippen LogP contribution in [-0.4, -0.2) is 5.84 Å². The van der Waals surface area contributed by atoms with Crippen LogP contribution in [0.1, 0.15) is 16.7 Å². The van der Waals surface area contributed by atoms with Crippen molar-refractivity contribution in [3.63, 3.8) is 0 Å². The van der Waals surface area contributed by atoms with Gasteiger partial charge in [-0.1, -0.05) is 35.9 Å². The minimum Gasteiger partial charge on any atom is -0.489 e. The Kier molecular flexibility index (Phi) is 4.07. The van der Waals surface area contributed by atoms with Crippen molar-refractivity contribution in [3.8, 4) is 5.75 Å². The molecule has 0 radical (unpaired) electrons. The molecule has 0 bridgehead atoms. The van der Waals surface area contributed by atoms with Crippen LogP contribution in [-0.2, 0) is 6.61 Å². The van der Waals surface area contributed by atoms with Gasteiger partial charge in [-0.15, -0.1) is 0 Å². The van der Waals surface area contributed by atoms with E-state index in [2.05, 4.69) is 0 Å². The third kappa shape index (κ3) is 3.48. The molecule has 2 rings (SSSR count). The topological polar surface area (TPSA) is 59.1 Å². The Labute approximate surface area is 117 Å². The van der Waals surface area contributed by atoms with Crippen molar-refractivity contribution in [2.75, 3.05) is 0 Å². The Hall–Kier alpha value is -2.00. The Balaban J connectivity index is 2.10. The average molecular weight is 275 g/mol. The molecule has 0 amide bonds. The number of amidine groups is 1. The zero-order valence-corrected chi connectivity index (χ0v) is 11.4. The number of aryl methyl sites for hydroxylation is 1. The largest absolute Gasteiger partial charge is 0.489 e. The molecule has 98 valence electrons. The van der Waals surface area contributed by atoms with Crippen molar-refractivity contribution in [2.45, 2.75) is 13.5 Å². The smallest absolute Gasteiger partial charge is 0.122 e. The second-order valence-corrected chi connectivity index (χ2v) is 4.73. The molecule has 0 spiro atoms. The van der Waals surface area contributed by atoms with Gasteiger partial charge in [0.05, 0.1) is 0 Å². The van der Waals surface area contributed by atoms with Crippen molar-refractivity contribution < 1.29 is 4.74 Å². The highest BCUT2D eigenvalue weighted by atomic mass is 35.5. The number of benzene rings is 2. The Morgan fingerprint density at radius 1 is 1.26 bits per heavy atom. The summed E-state index contributed by atoms with van der Waals surface area (Å²) >= 11 is 6.14. The number of hydrogen-bond donors (Lipinski definition) is 2. The number of nitrogen functional groups attached to an aromatic ring is 1. The van der Waals surface area contributed by atoms with Crippen molar-refractivity contribution in [2.24, 2.45) is 5.73 Å². The first-order valence-electron chi connectivity index (χ1n) is 5.88. The van der Waals surface area contributed by atoms with Gasteiger partial charge in [0.2, 0.25) is 0 Å². The molecule has 0 aliphatic carbocycles. The van der Waals surface area contributed by atoms with Crippen LogP contribution in [0, 0.1) is 12.3 Å². The fourth-order valence-electron chi connectivity index (χ4n) is 1.68. The first-order chi connectivity index (χ1) is 9.06. The minimum atomic E-state index is 0.0267. The first kappa shape index (κ1) is 13.4. The van der Waals surface area contributed by atoms with Crippen LogP contribution in [0.3, 0.4) is 0 Å². The molecular weight excluding hydrogens is 260 g/mol. The lowest BCUT2D eigenvalue weighted by atomic mass is 10.1. The molecule has 0 aliphatic rings. The van der Waals surface area contributed by atoms with Gasteiger partial charge in [0.1, 0.15) is 18.2 Å². The van der Waals surface area contributed by atoms with E-state index in [4.69, 9.17) is 27.5 Å². The van der Waals surface area contributed by atoms with Gasteiger partial charge >= 0.3 is 0 Å². The monoisotopic (exact) mass is 274 g/mol. The van der Waals surface area contributed by atoms with Gasteiger partial charge in [-0.25, -0.2) is 0 Å². The highest BCUT2D eigenvalue weighted by Crippen LogP contribution is 2.20. The predicted octanol–water partition coefficient (Wildman–Crippen LogP) is 3.51. The SMILES string of the molecule is Cc1ccc(COc2cccc(C(=N)N)c2)c(Cl)c1. The molecule has 2 aromatic carbocycles. The Morgan fingerprint density at radius 2 is 2.05 bits per heavy atom. The van der Waals surface area contributed by atoms with Crippen LogP contribution in [0.4, 0.5) is 0 Å². The van der Waals surface area contributed by atoms with Crippen LogP contribution in [0.2, 0.25) is 5.02 Å². The fraction of sp³-hybridized carbons (Fsp3) is 0.133. The summed E-state index contributed by atoms with van der Waals surface area (Å²) in [5.74, 6) is 0.697. The molecule has 0 unspecified atom stereocenters. The summed E-state index contributed by atoms with van der Waals surface area (Å²) in [5, 5.41) is 8.08. The zero-order chi connectivity index (χ0) is 13.8. The summed E-state index contributed by atoms with van der Waals surface area (Å²) in [6.07, 6.45) is 0. The molecule has 0 saturated heterocycles. The molecule has 0 fully saturated rings. The highest BCUT2D eigenvalue weighted by molar-refractivity contribution is 6.31. The molecular formula is C15H15ClN2O. The van der Waals surface area contributed by atoms with Gasteiger partial charge < -0.3 is 10.5 Å². The summed E-state index contributed by atoms with van der Waals surface area (Å²) in [4.78, 5) is 0. The lowest BCUT2D eigenvalue weighted by molar-refractivity contribution is 0.306. The molecule has 2 aromatic rings. The van der Waals surface area contributed by atoms with Gasteiger partial charge in [-0.05, 0) is 30.7 Å². The maximum absolute atomic E-state index is 7.39. The number of hydrogen-bond acceptors (Lipinski definition) is 2. The van der Waals surface area contributed by atoms with E-state index in [0.717, 1.165) is 11.1 Å². The van der Waals surface area contributed by atoms with E-state index < -0.39 is 0 Å². The maximum atomic E-state index is 7.39. The van der Waals surface area contributed by atoms with Crippen LogP contribution in [0.25, 0.3) is 0 Å². The fourth-order valence-corrected chi connectivity index (χ4v) is 1.97. The normalized spacial score (nSPS) is 10.2. The lowest BCUT2D eigenvalue weighted by Gasteiger charge is -2.09. The van der Waals surface area contributed by atoms with Crippen LogP contribution in [0.15, 0.2) is 42.5 Å². The first-order valence-corrected chi connectivity index (χ1v) is 6.26. The van der Waals surface area contributed by atoms with Crippen molar-refractivity contribution in [1.82, 2.24) is 0 Å². The number of nitrogens with two attached hydrogens (primary N) is 1. The Morgan fingerprint density at radius 3 is 2.74 bits per heavy atom. The summed E-state index contributed by atoms with van der Waals surface area (Å²) in [6, 6.07) is 13.0. The summed E-state index contributed by atoms with van der Waals surface area (Å²) in [7, 11) is 0. The maximum Gasteiger partial charge on any atom is 0.122 e. The number of ether oxygens (including phenoxy) is 1. The quantitative estimate of drug-likeness (QED) is 0.662. The Bertz CT molecular complexity index is 611. The summed E-state index contributed by atoms with van der Waals surface area (Å²) < 4.78 is 5.67. The molecule has 4 heteroatoms. The number of halogens is 1. The molecule has 19 heavy (non-hydrogen) atoms. The minimum absolute atomic E-state index is 0.0267. The molecule has 0 heterocycles. The van der Waals surface area contributed by atoms with Gasteiger partial charge in [-0.3, -0.25) is 5.41 Å². The van der Waals surface area contributed by atoms with E-state index in [-0.39, 0.29) is 5.84 Å².